The number of carbonyl (C=O) groups excluding carboxylic acids is 1. The Bertz CT molecular complexity index is 2370. The van der Waals surface area contributed by atoms with Crippen LogP contribution in [-0.4, -0.2) is 87.9 Å². The third kappa shape index (κ3) is 12.9. The molecule has 0 saturated carbocycles. The topological polar surface area (TPSA) is 213 Å². The van der Waals surface area contributed by atoms with Gasteiger partial charge in [-0.15, -0.1) is 0 Å². The number of aryl methyl sites for hydroxylation is 1. The molecule has 0 unspecified atom stereocenters. The summed E-state index contributed by atoms with van der Waals surface area (Å²) in [6.45, 7) is 16.1. The molecule has 0 radical (unpaired) electrons. The van der Waals surface area contributed by atoms with Crippen LogP contribution in [0.3, 0.4) is 0 Å². The highest BCUT2D eigenvalue weighted by Gasteiger charge is 2.44. The van der Waals surface area contributed by atoms with Crippen molar-refractivity contribution in [3.8, 4) is 0 Å². The Morgan fingerprint density at radius 1 is 0.873 bits per heavy atom. The van der Waals surface area contributed by atoms with Gasteiger partial charge >= 0.3 is 11.7 Å². The number of nitrogens with one attached hydrogen (secondary N) is 4. The molecule has 63 heavy (non-hydrogen) atoms. The molecule has 0 atom stereocenters. The van der Waals surface area contributed by atoms with Crippen molar-refractivity contribution in [3.05, 3.63) is 87.5 Å². The Morgan fingerprint density at radius 3 is 2.33 bits per heavy atom. The summed E-state index contributed by atoms with van der Waals surface area (Å²) in [6.07, 6.45) is 15.3. The van der Waals surface area contributed by atoms with Gasteiger partial charge in [0.05, 0.1) is 10.3 Å². The Balaban J connectivity index is 1.09. The number of fused-ring (bicyclic) bond motifs is 2. The number of nitrogens with zero attached hydrogens (tertiary/aromatic N) is 4. The van der Waals surface area contributed by atoms with Crippen molar-refractivity contribution < 1.29 is 32.2 Å². The quantitative estimate of drug-likeness (QED) is 0.0320. The first kappa shape index (κ1) is 48.7. The molecule has 1 amide bonds. The third-order valence-corrected chi connectivity index (χ3v) is 12.7. The molecule has 5 N–H and O–H groups in total. The van der Waals surface area contributed by atoms with Crippen LogP contribution in [0.4, 0.5) is 23.3 Å². The lowest BCUT2D eigenvalue weighted by Crippen LogP contribution is -2.28. The number of H-pyrrole nitrogens is 1. The molecule has 1 aromatic heterocycles. The van der Waals surface area contributed by atoms with Crippen LogP contribution in [0.2, 0.25) is 0 Å². The fourth-order valence-corrected chi connectivity index (χ4v) is 9.05. The van der Waals surface area contributed by atoms with Crippen LogP contribution < -0.4 is 26.5 Å². The van der Waals surface area contributed by atoms with E-state index in [1.54, 1.807) is 12.1 Å². The van der Waals surface area contributed by atoms with Crippen LogP contribution in [0.25, 0.3) is 0 Å². The summed E-state index contributed by atoms with van der Waals surface area (Å²) in [5, 5.41) is 17.8. The molecule has 2 aliphatic rings. The van der Waals surface area contributed by atoms with E-state index < -0.39 is 27.2 Å². The van der Waals surface area contributed by atoms with Gasteiger partial charge < -0.3 is 30.5 Å². The number of carboxylic acids is 1. The van der Waals surface area contributed by atoms with Gasteiger partial charge in [0.25, 0.3) is 0 Å². The van der Waals surface area contributed by atoms with Gasteiger partial charge in [-0.2, -0.15) is 14.5 Å². The zero-order valence-corrected chi connectivity index (χ0v) is 38.6. The van der Waals surface area contributed by atoms with E-state index in [9.17, 15) is 27.4 Å². The van der Waals surface area contributed by atoms with Gasteiger partial charge in [-0.25, -0.2) is 13.2 Å². The Labute approximate surface area is 372 Å². The summed E-state index contributed by atoms with van der Waals surface area (Å²) in [7, 11) is -4.62. The summed E-state index contributed by atoms with van der Waals surface area (Å²) in [5.41, 5.74) is 6.52. The van der Waals surface area contributed by atoms with E-state index >= 15 is 0 Å². The number of anilines is 3. The number of rotatable bonds is 25. The molecule has 5 rings (SSSR count). The number of benzene rings is 2. The predicted molar refractivity (Wildman–Crippen MR) is 247 cm³/mol. The number of aromatic nitrogens is 3. The lowest BCUT2D eigenvalue weighted by molar-refractivity contribution is -0.437. The minimum Gasteiger partial charge on any atom is -0.744 e. The monoisotopic (exact) mass is 886 g/mol. The molecule has 0 aliphatic carbocycles. The highest BCUT2D eigenvalue weighted by atomic mass is 32.2. The molecule has 342 valence electrons. The minimum atomic E-state index is -4.62. The number of aliphatic carboxylic acids is 1. The summed E-state index contributed by atoms with van der Waals surface area (Å²) >= 11 is 0. The number of hydrogen-bond acceptors (Lipinski definition) is 11. The van der Waals surface area contributed by atoms with Crippen LogP contribution in [-0.2, 0) is 30.5 Å². The van der Waals surface area contributed by atoms with E-state index in [0.717, 1.165) is 81.4 Å². The molecule has 16 heteroatoms. The molecular weight excluding hydrogens is 821 g/mol. The van der Waals surface area contributed by atoms with Crippen LogP contribution in [0.5, 0.6) is 0 Å². The second kappa shape index (κ2) is 21.8. The summed E-state index contributed by atoms with van der Waals surface area (Å²) in [6, 6.07) is 11.4. The van der Waals surface area contributed by atoms with Crippen LogP contribution in [0.1, 0.15) is 128 Å². The Morgan fingerprint density at radius 2 is 1.59 bits per heavy atom. The minimum absolute atomic E-state index is 0.00795. The first-order valence-electron chi connectivity index (χ1n) is 22.4. The van der Waals surface area contributed by atoms with E-state index in [0.29, 0.717) is 38.9 Å². The molecule has 3 aromatic rings. The zero-order chi connectivity index (χ0) is 45.8. The molecule has 15 nitrogen and oxygen atoms in total. The van der Waals surface area contributed by atoms with Crippen molar-refractivity contribution in [2.45, 2.75) is 134 Å². The summed E-state index contributed by atoms with van der Waals surface area (Å²) < 4.78 is 38.6. The summed E-state index contributed by atoms with van der Waals surface area (Å²) in [5.74, 6) is -0.344. The van der Waals surface area contributed by atoms with Crippen molar-refractivity contribution in [3.63, 3.8) is 0 Å². The number of hydrogen-bond donors (Lipinski definition) is 5. The number of carboxylic acid groups (broad SMARTS) is 1. The Kier molecular flexibility index (Phi) is 16.9. The van der Waals surface area contributed by atoms with E-state index in [1.165, 1.54) is 28.6 Å². The maximum Gasteiger partial charge on any atom is 0.350 e. The molecule has 0 spiro atoms. The second-order valence-electron chi connectivity index (χ2n) is 17.6. The highest BCUT2D eigenvalue weighted by Crippen LogP contribution is 2.49. The van der Waals surface area contributed by atoms with Gasteiger partial charge in [0.2, 0.25) is 23.5 Å². The Hall–Kier alpha value is -5.35. The van der Waals surface area contributed by atoms with Gasteiger partial charge in [-0.1, -0.05) is 64.2 Å². The molecule has 3 heterocycles. The normalized spacial score (nSPS) is 15.9. The molecule has 0 fully saturated rings. The van der Waals surface area contributed by atoms with Crippen molar-refractivity contribution in [2.24, 2.45) is 0 Å². The lowest BCUT2D eigenvalue weighted by atomic mass is 9.80. The van der Waals surface area contributed by atoms with Crippen molar-refractivity contribution >= 4 is 51.0 Å². The van der Waals surface area contributed by atoms with Crippen LogP contribution >= 0.6 is 0 Å². The number of carbonyl (C=O) groups is 2. The zero-order valence-electron chi connectivity index (χ0n) is 37.8. The van der Waals surface area contributed by atoms with Gasteiger partial charge in [0.1, 0.15) is 16.7 Å². The van der Waals surface area contributed by atoms with E-state index in [-0.39, 0.29) is 34.5 Å². The van der Waals surface area contributed by atoms with Crippen molar-refractivity contribution in [1.29, 1.82) is 0 Å². The van der Waals surface area contributed by atoms with Crippen LogP contribution in [0.15, 0.2) is 70.0 Å². The van der Waals surface area contributed by atoms with E-state index in [4.69, 9.17) is 5.11 Å². The highest BCUT2D eigenvalue weighted by molar-refractivity contribution is 7.85. The van der Waals surface area contributed by atoms with Gasteiger partial charge in [-0.05, 0) is 88.8 Å². The summed E-state index contributed by atoms with van der Waals surface area (Å²) in [4.78, 5) is 47.9. The second-order valence-corrected chi connectivity index (χ2v) is 19.0. The maximum atomic E-state index is 12.5. The van der Waals surface area contributed by atoms with E-state index in [2.05, 4.69) is 118 Å². The largest absolute Gasteiger partial charge is 0.744 e. The predicted octanol–water partition coefficient (Wildman–Crippen LogP) is 7.42. The SMILES string of the molecule is CCC[N+]1=C(/C=C/C=C2/N(CCCCCCCC(=O)NCCCNc3nc(NCCCCCC(=O)O)[nH]c(=O)n3)c3ccc(S(=O)(=O)[O-])cc3C2(C)C)C(C)(C)c2cc(C)ccc21. The first-order valence-corrected chi connectivity index (χ1v) is 23.8. The smallest absolute Gasteiger partial charge is 0.350 e. The standard InChI is InChI=1S/C47H66N8O7S/c1-7-29-54-37-24-22-33(2)31-35(37)46(3,4)39(54)18-16-19-40-47(5,6)36-32-34(63(60,61)62)23-25-38(36)55(40)30-15-10-8-9-12-20-41(56)48-27-17-28-50-44-51-43(52-45(59)53-44)49-26-14-11-13-21-42(57)58/h16,18-19,22-25,31-32H,7-15,17,20-21,26-30H2,1-6H3,(H5-,48,49,50,51,52,53,56,57,58,59,60,61,62). The molecule has 0 bridgehead atoms. The number of aromatic amines is 1. The average molecular weight is 887 g/mol. The van der Waals surface area contributed by atoms with E-state index in [1.807, 2.05) is 0 Å². The van der Waals surface area contributed by atoms with Gasteiger partial charge in [-0.3, -0.25) is 14.6 Å². The first-order chi connectivity index (χ1) is 29.9. The fraction of sp³-hybridized carbons (Fsp3) is 0.532. The molecule has 2 aliphatic heterocycles. The van der Waals surface area contributed by atoms with Crippen molar-refractivity contribution in [2.75, 3.05) is 48.3 Å². The number of unbranched alkanes of at least 4 members (excludes halogenated alkanes) is 6. The fourth-order valence-electron chi connectivity index (χ4n) is 8.56. The maximum absolute atomic E-state index is 12.5. The number of amides is 1. The van der Waals surface area contributed by atoms with Gasteiger partial charge in [0.15, 0.2) is 5.71 Å². The van der Waals surface area contributed by atoms with Gasteiger partial charge in [0, 0.05) is 79.9 Å². The number of allylic oxidation sites excluding steroid dienone is 4. The lowest BCUT2D eigenvalue weighted by Gasteiger charge is -2.27. The molecular formula is C47H66N8O7S. The molecule has 0 saturated heterocycles. The average Bonchev–Trinajstić information content (AvgIpc) is 3.55. The molecule has 2 aromatic carbocycles. The third-order valence-electron chi connectivity index (χ3n) is 11.9. The van der Waals surface area contributed by atoms with Crippen LogP contribution in [0, 0.1) is 6.92 Å². The van der Waals surface area contributed by atoms with Crippen molar-refractivity contribution in [1.82, 2.24) is 20.3 Å².